The number of benzene rings is 1. The van der Waals surface area contributed by atoms with Gasteiger partial charge in [-0.25, -0.2) is 0 Å². The zero-order valence-corrected chi connectivity index (χ0v) is 16.9. The van der Waals surface area contributed by atoms with Gasteiger partial charge in [0.05, 0.1) is 24.4 Å². The van der Waals surface area contributed by atoms with Crippen molar-refractivity contribution in [3.8, 4) is 0 Å². The van der Waals surface area contributed by atoms with Crippen molar-refractivity contribution >= 4 is 17.3 Å². The second-order valence-electron chi connectivity index (χ2n) is 8.07. The summed E-state index contributed by atoms with van der Waals surface area (Å²) in [6.45, 7) is 8.88. The third-order valence-corrected chi connectivity index (χ3v) is 5.62. The molecule has 1 aromatic rings. The zero-order valence-electron chi connectivity index (χ0n) is 16.9. The Bertz CT molecular complexity index is 580. The van der Waals surface area contributed by atoms with Crippen LogP contribution in [0.15, 0.2) is 18.2 Å². The van der Waals surface area contributed by atoms with Crippen LogP contribution in [0, 0.1) is 11.8 Å². The Balaban J connectivity index is 2.06. The van der Waals surface area contributed by atoms with Gasteiger partial charge in [-0.05, 0) is 55.2 Å². The molecule has 1 aliphatic rings. The van der Waals surface area contributed by atoms with Crippen LogP contribution < -0.4 is 11.1 Å². The first-order valence-corrected chi connectivity index (χ1v) is 10.2. The van der Waals surface area contributed by atoms with Crippen molar-refractivity contribution in [1.82, 2.24) is 0 Å². The zero-order chi connectivity index (χ0) is 19.1. The Hall–Kier alpha value is -1.71. The Morgan fingerprint density at radius 2 is 1.92 bits per heavy atom. The van der Waals surface area contributed by atoms with Crippen LogP contribution in [-0.2, 0) is 9.53 Å². The van der Waals surface area contributed by atoms with Gasteiger partial charge in [0.2, 0.25) is 0 Å². The summed E-state index contributed by atoms with van der Waals surface area (Å²) in [5.74, 6) is 1.24. The van der Waals surface area contributed by atoms with Gasteiger partial charge in [-0.1, -0.05) is 46.1 Å². The molecule has 4 nitrogen and oxygen atoms in total. The van der Waals surface area contributed by atoms with E-state index in [-0.39, 0.29) is 11.9 Å². The van der Waals surface area contributed by atoms with E-state index in [0.717, 1.165) is 22.9 Å². The average molecular weight is 361 g/mol. The predicted octanol–water partition coefficient (Wildman–Crippen LogP) is 5.34. The fourth-order valence-electron chi connectivity index (χ4n) is 4.11. The van der Waals surface area contributed by atoms with E-state index < -0.39 is 0 Å². The minimum atomic E-state index is -0.155. The molecule has 0 aromatic heterocycles. The number of carbonyl (C=O) groups is 1. The average Bonchev–Trinajstić information content (AvgIpc) is 2.61. The molecule has 1 aliphatic carbocycles. The first kappa shape index (κ1) is 20.6. The van der Waals surface area contributed by atoms with Gasteiger partial charge in [-0.15, -0.1) is 0 Å². The lowest BCUT2D eigenvalue weighted by atomic mass is 9.79. The molecule has 0 bridgehead atoms. The maximum atomic E-state index is 11.7. The summed E-state index contributed by atoms with van der Waals surface area (Å²) in [5, 5.41) is 3.73. The van der Waals surface area contributed by atoms with Crippen molar-refractivity contribution in [3.63, 3.8) is 0 Å². The molecule has 0 spiro atoms. The van der Waals surface area contributed by atoms with Crippen LogP contribution in [0.3, 0.4) is 0 Å². The fraction of sp³-hybridized carbons (Fsp3) is 0.682. The molecule has 0 saturated heterocycles. The van der Waals surface area contributed by atoms with Crippen molar-refractivity contribution in [2.24, 2.45) is 11.8 Å². The number of rotatable bonds is 8. The summed E-state index contributed by atoms with van der Waals surface area (Å²) < 4.78 is 5.05. The predicted molar refractivity (Wildman–Crippen MR) is 109 cm³/mol. The highest BCUT2D eigenvalue weighted by molar-refractivity contribution is 5.71. The van der Waals surface area contributed by atoms with Gasteiger partial charge in [0, 0.05) is 6.04 Å². The molecular formula is C22H36N2O2. The molecule has 26 heavy (non-hydrogen) atoms. The molecule has 3 N–H and O–H groups in total. The van der Waals surface area contributed by atoms with E-state index in [9.17, 15) is 4.79 Å². The molecule has 146 valence electrons. The largest absolute Gasteiger partial charge is 0.466 e. The van der Waals surface area contributed by atoms with Crippen molar-refractivity contribution in [2.75, 3.05) is 17.7 Å². The van der Waals surface area contributed by atoms with Crippen LogP contribution in [0.1, 0.15) is 77.7 Å². The lowest BCUT2D eigenvalue weighted by Gasteiger charge is -2.34. The first-order valence-electron chi connectivity index (χ1n) is 10.2. The van der Waals surface area contributed by atoms with Gasteiger partial charge < -0.3 is 15.8 Å². The summed E-state index contributed by atoms with van der Waals surface area (Å²) in [4.78, 5) is 11.7. The third-order valence-electron chi connectivity index (χ3n) is 5.62. The molecule has 2 rings (SSSR count). The van der Waals surface area contributed by atoms with Crippen LogP contribution in [0.25, 0.3) is 0 Å². The van der Waals surface area contributed by atoms with Gasteiger partial charge in [0.25, 0.3) is 0 Å². The molecule has 1 saturated carbocycles. The van der Waals surface area contributed by atoms with E-state index in [4.69, 9.17) is 10.5 Å². The summed E-state index contributed by atoms with van der Waals surface area (Å²) in [7, 11) is 0. The summed E-state index contributed by atoms with van der Waals surface area (Å²) >= 11 is 0. The number of carbonyl (C=O) groups excluding carboxylic acids is 1. The van der Waals surface area contributed by atoms with Crippen molar-refractivity contribution in [3.05, 3.63) is 23.8 Å². The molecule has 0 aliphatic heterocycles. The van der Waals surface area contributed by atoms with Crippen molar-refractivity contribution < 1.29 is 9.53 Å². The normalized spacial score (nSPS) is 17.7. The standard InChI is InChI=1S/C22H36N2O2/c1-5-26-21(25)13-16(4)18-11-12-20(19(23)14-18)24-22(15(2)3)17-9-7-6-8-10-17/h11-12,14-17,22,24H,5-10,13,23H2,1-4H3. The van der Waals surface area contributed by atoms with Crippen LogP contribution >= 0.6 is 0 Å². The van der Waals surface area contributed by atoms with Crippen LogP contribution in [0.5, 0.6) is 0 Å². The molecule has 1 aromatic carbocycles. The highest BCUT2D eigenvalue weighted by Crippen LogP contribution is 2.33. The molecule has 1 fully saturated rings. The van der Waals surface area contributed by atoms with Crippen molar-refractivity contribution in [1.29, 1.82) is 0 Å². The summed E-state index contributed by atoms with van der Waals surface area (Å²) in [6, 6.07) is 6.62. The Labute approximate surface area is 158 Å². The number of hydrogen-bond donors (Lipinski definition) is 2. The summed E-state index contributed by atoms with van der Waals surface area (Å²) in [5.41, 5.74) is 9.21. The monoisotopic (exact) mass is 360 g/mol. The molecule has 0 amide bonds. The minimum Gasteiger partial charge on any atom is -0.466 e. The Morgan fingerprint density at radius 3 is 2.50 bits per heavy atom. The first-order chi connectivity index (χ1) is 12.4. The highest BCUT2D eigenvalue weighted by Gasteiger charge is 2.26. The lowest BCUT2D eigenvalue weighted by molar-refractivity contribution is -0.143. The quantitative estimate of drug-likeness (QED) is 0.485. The van der Waals surface area contributed by atoms with Gasteiger partial charge in [-0.2, -0.15) is 0 Å². The lowest BCUT2D eigenvalue weighted by Crippen LogP contribution is -2.35. The maximum absolute atomic E-state index is 11.7. The van der Waals surface area contributed by atoms with Gasteiger partial charge in [-0.3, -0.25) is 4.79 Å². The number of ether oxygens (including phenoxy) is 1. The van der Waals surface area contributed by atoms with E-state index in [1.54, 1.807) is 0 Å². The second kappa shape index (κ2) is 9.84. The van der Waals surface area contributed by atoms with Crippen LogP contribution in [0.4, 0.5) is 11.4 Å². The third kappa shape index (κ3) is 5.65. The van der Waals surface area contributed by atoms with Crippen LogP contribution in [-0.4, -0.2) is 18.6 Å². The van der Waals surface area contributed by atoms with E-state index in [0.29, 0.717) is 25.0 Å². The van der Waals surface area contributed by atoms with Crippen LogP contribution in [0.2, 0.25) is 0 Å². The van der Waals surface area contributed by atoms with Gasteiger partial charge in [0.1, 0.15) is 0 Å². The number of hydrogen-bond acceptors (Lipinski definition) is 4. The molecule has 0 heterocycles. The fourth-order valence-corrected chi connectivity index (χ4v) is 4.11. The molecule has 2 unspecified atom stereocenters. The van der Waals surface area contributed by atoms with Crippen molar-refractivity contribution in [2.45, 2.75) is 78.2 Å². The van der Waals surface area contributed by atoms with E-state index in [1.165, 1.54) is 32.1 Å². The van der Waals surface area contributed by atoms with E-state index in [1.807, 2.05) is 19.9 Å². The van der Waals surface area contributed by atoms with E-state index >= 15 is 0 Å². The summed E-state index contributed by atoms with van der Waals surface area (Å²) in [6.07, 6.45) is 7.06. The number of esters is 1. The SMILES string of the molecule is CCOC(=O)CC(C)c1ccc(NC(C(C)C)C2CCCCC2)c(N)c1. The molecular weight excluding hydrogens is 324 g/mol. The second-order valence-corrected chi connectivity index (χ2v) is 8.07. The number of nitrogens with one attached hydrogen (secondary N) is 1. The smallest absolute Gasteiger partial charge is 0.306 e. The van der Waals surface area contributed by atoms with Gasteiger partial charge in [0.15, 0.2) is 0 Å². The number of anilines is 2. The number of nitrogens with two attached hydrogens (primary N) is 1. The Morgan fingerprint density at radius 1 is 1.23 bits per heavy atom. The molecule has 2 atom stereocenters. The number of nitrogen functional groups attached to an aromatic ring is 1. The Kier molecular flexibility index (Phi) is 7.80. The minimum absolute atomic E-state index is 0.102. The maximum Gasteiger partial charge on any atom is 0.306 e. The molecule has 4 heteroatoms. The van der Waals surface area contributed by atoms with Gasteiger partial charge >= 0.3 is 5.97 Å². The topological polar surface area (TPSA) is 64.3 Å². The van der Waals surface area contributed by atoms with E-state index in [2.05, 4.69) is 31.3 Å². The molecule has 0 radical (unpaired) electrons. The highest BCUT2D eigenvalue weighted by atomic mass is 16.5.